The van der Waals surface area contributed by atoms with E-state index < -0.39 is 0 Å². The zero-order valence-electron chi connectivity index (χ0n) is 9.32. The van der Waals surface area contributed by atoms with E-state index in [9.17, 15) is 0 Å². The maximum absolute atomic E-state index is 3.57. The Morgan fingerprint density at radius 3 is 2.14 bits per heavy atom. The number of halogens is 1. The summed E-state index contributed by atoms with van der Waals surface area (Å²) < 4.78 is 1.22. The first-order valence-electron chi connectivity index (χ1n) is 5.01. The summed E-state index contributed by atoms with van der Waals surface area (Å²) in [6.07, 6.45) is 0. The van der Waals surface area contributed by atoms with Crippen LogP contribution in [0.4, 0.5) is 5.69 Å². The van der Waals surface area contributed by atoms with E-state index in [2.05, 4.69) is 61.1 Å². The van der Waals surface area contributed by atoms with E-state index in [-0.39, 0.29) is 0 Å². The lowest BCUT2D eigenvalue weighted by Crippen LogP contribution is -2.08. The normalized spacial score (nSPS) is 10.7. The Morgan fingerprint density at radius 2 is 1.71 bits per heavy atom. The predicted molar refractivity (Wildman–Crippen MR) is 66.9 cm³/mol. The predicted octanol–water partition coefficient (Wildman–Crippen LogP) is 4.13. The van der Waals surface area contributed by atoms with Crippen LogP contribution in [0.1, 0.15) is 25.0 Å². The van der Waals surface area contributed by atoms with Crippen LogP contribution in [0.25, 0.3) is 0 Å². The van der Waals surface area contributed by atoms with Gasteiger partial charge in [-0.05, 0) is 43.0 Å². The highest BCUT2D eigenvalue weighted by molar-refractivity contribution is 9.10. The van der Waals surface area contributed by atoms with Crippen molar-refractivity contribution in [2.24, 2.45) is 5.92 Å². The Labute approximate surface area is 95.0 Å². The van der Waals surface area contributed by atoms with Crippen molar-refractivity contribution in [1.82, 2.24) is 0 Å². The van der Waals surface area contributed by atoms with Gasteiger partial charge < -0.3 is 5.32 Å². The van der Waals surface area contributed by atoms with E-state index in [4.69, 9.17) is 0 Å². The van der Waals surface area contributed by atoms with Gasteiger partial charge in [-0.3, -0.25) is 0 Å². The molecule has 1 aromatic rings. The van der Waals surface area contributed by atoms with Gasteiger partial charge in [-0.25, -0.2) is 0 Å². The van der Waals surface area contributed by atoms with Gasteiger partial charge in [0.15, 0.2) is 0 Å². The molecule has 0 saturated heterocycles. The summed E-state index contributed by atoms with van der Waals surface area (Å²) in [5, 5.41) is 3.43. The quantitative estimate of drug-likeness (QED) is 0.857. The maximum Gasteiger partial charge on any atom is 0.0346 e. The third kappa shape index (κ3) is 3.02. The first kappa shape index (κ1) is 11.6. The molecule has 0 saturated carbocycles. The largest absolute Gasteiger partial charge is 0.385 e. The highest BCUT2D eigenvalue weighted by atomic mass is 79.9. The standard InChI is InChI=1S/C12H18BrN/c1-8(2)7-14-11-5-9(3)12(13)10(4)6-11/h5-6,8,14H,7H2,1-4H3. The number of hydrogen-bond acceptors (Lipinski definition) is 1. The lowest BCUT2D eigenvalue weighted by Gasteiger charge is -2.12. The summed E-state index contributed by atoms with van der Waals surface area (Å²) in [5.74, 6) is 0.680. The average Bonchev–Trinajstić information content (AvgIpc) is 2.10. The number of nitrogens with one attached hydrogen (secondary N) is 1. The molecule has 2 heteroatoms. The average molecular weight is 256 g/mol. The SMILES string of the molecule is Cc1cc(NCC(C)C)cc(C)c1Br. The van der Waals surface area contributed by atoms with Gasteiger partial charge in [0.1, 0.15) is 0 Å². The molecule has 0 spiro atoms. The van der Waals surface area contributed by atoms with Gasteiger partial charge in [-0.2, -0.15) is 0 Å². The third-order valence-corrected chi connectivity index (χ3v) is 3.40. The molecule has 0 fully saturated rings. The van der Waals surface area contributed by atoms with E-state index in [1.807, 2.05) is 0 Å². The summed E-state index contributed by atoms with van der Waals surface area (Å²) in [7, 11) is 0. The van der Waals surface area contributed by atoms with Crippen LogP contribution >= 0.6 is 15.9 Å². The van der Waals surface area contributed by atoms with Crippen molar-refractivity contribution < 1.29 is 0 Å². The van der Waals surface area contributed by atoms with Gasteiger partial charge in [0.25, 0.3) is 0 Å². The summed E-state index contributed by atoms with van der Waals surface area (Å²) in [4.78, 5) is 0. The van der Waals surface area contributed by atoms with Gasteiger partial charge in [-0.15, -0.1) is 0 Å². The van der Waals surface area contributed by atoms with E-state index in [0.717, 1.165) is 6.54 Å². The van der Waals surface area contributed by atoms with Gasteiger partial charge in [0.2, 0.25) is 0 Å². The van der Waals surface area contributed by atoms with Gasteiger partial charge >= 0.3 is 0 Å². The Kier molecular flexibility index (Phi) is 3.99. The van der Waals surface area contributed by atoms with Crippen molar-refractivity contribution in [3.63, 3.8) is 0 Å². The molecule has 0 radical (unpaired) electrons. The first-order chi connectivity index (χ1) is 6.50. The first-order valence-corrected chi connectivity index (χ1v) is 5.80. The summed E-state index contributed by atoms with van der Waals surface area (Å²) in [6, 6.07) is 4.36. The molecule has 0 aliphatic rings. The van der Waals surface area contributed by atoms with E-state index in [0.29, 0.717) is 5.92 Å². The van der Waals surface area contributed by atoms with Crippen LogP contribution in [0.5, 0.6) is 0 Å². The fraction of sp³-hybridized carbons (Fsp3) is 0.500. The molecule has 0 aliphatic heterocycles. The molecule has 14 heavy (non-hydrogen) atoms. The number of aryl methyl sites for hydroxylation is 2. The van der Waals surface area contributed by atoms with E-state index >= 15 is 0 Å². The van der Waals surface area contributed by atoms with Gasteiger partial charge in [0.05, 0.1) is 0 Å². The molecule has 0 atom stereocenters. The van der Waals surface area contributed by atoms with Crippen LogP contribution < -0.4 is 5.32 Å². The van der Waals surface area contributed by atoms with E-state index in [1.165, 1.54) is 21.3 Å². The van der Waals surface area contributed by atoms with E-state index in [1.54, 1.807) is 0 Å². The molecule has 78 valence electrons. The molecular weight excluding hydrogens is 238 g/mol. The molecule has 0 aromatic heterocycles. The zero-order chi connectivity index (χ0) is 10.7. The fourth-order valence-corrected chi connectivity index (χ4v) is 1.60. The monoisotopic (exact) mass is 255 g/mol. The molecule has 0 aliphatic carbocycles. The molecule has 1 nitrogen and oxygen atoms in total. The topological polar surface area (TPSA) is 12.0 Å². The van der Waals surface area contributed by atoms with Crippen molar-refractivity contribution in [2.45, 2.75) is 27.7 Å². The van der Waals surface area contributed by atoms with Crippen molar-refractivity contribution in [2.75, 3.05) is 11.9 Å². The molecule has 1 rings (SSSR count). The molecule has 1 aromatic carbocycles. The smallest absolute Gasteiger partial charge is 0.0346 e. The second kappa shape index (κ2) is 4.83. The molecule has 0 unspecified atom stereocenters. The van der Waals surface area contributed by atoms with Crippen LogP contribution in [0.2, 0.25) is 0 Å². The van der Waals surface area contributed by atoms with Crippen LogP contribution in [0, 0.1) is 19.8 Å². The van der Waals surface area contributed by atoms with Gasteiger partial charge in [-0.1, -0.05) is 29.8 Å². The molecule has 0 bridgehead atoms. The molecule has 1 N–H and O–H groups in total. The lowest BCUT2D eigenvalue weighted by atomic mass is 10.1. The van der Waals surface area contributed by atoms with Crippen LogP contribution in [-0.4, -0.2) is 6.54 Å². The fourth-order valence-electron chi connectivity index (χ4n) is 1.37. The van der Waals surface area contributed by atoms with Crippen molar-refractivity contribution in [3.8, 4) is 0 Å². The molecule has 0 heterocycles. The van der Waals surface area contributed by atoms with Crippen LogP contribution in [0.3, 0.4) is 0 Å². The Morgan fingerprint density at radius 1 is 1.21 bits per heavy atom. The Balaban J connectivity index is 2.79. The van der Waals surface area contributed by atoms with Crippen molar-refractivity contribution in [3.05, 3.63) is 27.7 Å². The number of rotatable bonds is 3. The molecular formula is C12H18BrN. The molecule has 0 amide bonds. The zero-order valence-corrected chi connectivity index (χ0v) is 10.9. The summed E-state index contributed by atoms with van der Waals surface area (Å²) in [5.41, 5.74) is 3.80. The van der Waals surface area contributed by atoms with Crippen molar-refractivity contribution in [1.29, 1.82) is 0 Å². The second-order valence-corrected chi connectivity index (χ2v) is 4.99. The highest BCUT2D eigenvalue weighted by Gasteiger charge is 2.02. The van der Waals surface area contributed by atoms with Crippen LogP contribution in [0.15, 0.2) is 16.6 Å². The van der Waals surface area contributed by atoms with Crippen molar-refractivity contribution >= 4 is 21.6 Å². The third-order valence-electron chi connectivity index (χ3n) is 2.15. The minimum atomic E-state index is 0.680. The van der Waals surface area contributed by atoms with Gasteiger partial charge in [0, 0.05) is 16.7 Å². The summed E-state index contributed by atoms with van der Waals surface area (Å²) in [6.45, 7) is 9.70. The Bertz CT molecular complexity index is 295. The lowest BCUT2D eigenvalue weighted by molar-refractivity contribution is 0.689. The minimum absolute atomic E-state index is 0.680. The minimum Gasteiger partial charge on any atom is -0.385 e. The highest BCUT2D eigenvalue weighted by Crippen LogP contribution is 2.24. The maximum atomic E-state index is 3.57. The van der Waals surface area contributed by atoms with Crippen LogP contribution in [-0.2, 0) is 0 Å². The summed E-state index contributed by atoms with van der Waals surface area (Å²) >= 11 is 3.57. The number of hydrogen-bond donors (Lipinski definition) is 1. The number of anilines is 1. The Hall–Kier alpha value is -0.500. The number of benzene rings is 1. The second-order valence-electron chi connectivity index (χ2n) is 4.20.